The van der Waals surface area contributed by atoms with Crippen molar-refractivity contribution < 1.29 is 9.53 Å². The molecule has 1 aromatic carbocycles. The lowest BCUT2D eigenvalue weighted by Gasteiger charge is -2.13. The number of ether oxygens (including phenoxy) is 1. The van der Waals surface area contributed by atoms with Gasteiger partial charge in [0.25, 0.3) is 0 Å². The molecular formula is C15H20O2. The first-order valence-corrected chi connectivity index (χ1v) is 6.57. The number of ketones is 1. The maximum Gasteiger partial charge on any atom is 0.173 e. The molecule has 17 heavy (non-hydrogen) atoms. The van der Waals surface area contributed by atoms with Gasteiger partial charge in [-0.1, -0.05) is 43.9 Å². The quantitative estimate of drug-likeness (QED) is 0.741. The van der Waals surface area contributed by atoms with Crippen molar-refractivity contribution >= 4 is 5.78 Å². The standard InChI is InChI=1S/C15H20O2/c16-15(13-8-4-1-2-5-9-13)12-17-14-10-6-3-7-11-14/h3,6-7,10-11,13H,1-2,4-5,8-9,12H2. The molecule has 0 heterocycles. The summed E-state index contributed by atoms with van der Waals surface area (Å²) in [7, 11) is 0. The molecule has 0 amide bonds. The summed E-state index contributed by atoms with van der Waals surface area (Å²) in [4.78, 5) is 12.0. The van der Waals surface area contributed by atoms with Gasteiger partial charge in [-0.25, -0.2) is 0 Å². The maximum atomic E-state index is 12.0. The molecule has 0 N–H and O–H groups in total. The molecule has 0 spiro atoms. The van der Waals surface area contributed by atoms with Crippen LogP contribution in [-0.4, -0.2) is 12.4 Å². The average molecular weight is 232 g/mol. The van der Waals surface area contributed by atoms with Crippen molar-refractivity contribution in [2.45, 2.75) is 38.5 Å². The average Bonchev–Trinajstić information content (AvgIpc) is 2.66. The number of rotatable bonds is 4. The molecule has 0 bridgehead atoms. The minimum Gasteiger partial charge on any atom is -0.486 e. The van der Waals surface area contributed by atoms with E-state index in [2.05, 4.69) is 0 Å². The molecule has 0 saturated heterocycles. The third-order valence-electron chi connectivity index (χ3n) is 3.43. The second-order valence-corrected chi connectivity index (χ2v) is 4.76. The maximum absolute atomic E-state index is 12.0. The van der Waals surface area contributed by atoms with Crippen LogP contribution in [0.15, 0.2) is 30.3 Å². The van der Waals surface area contributed by atoms with Gasteiger partial charge in [-0.3, -0.25) is 4.79 Å². The highest BCUT2D eigenvalue weighted by Crippen LogP contribution is 2.23. The van der Waals surface area contributed by atoms with E-state index in [4.69, 9.17) is 4.74 Å². The van der Waals surface area contributed by atoms with Crippen LogP contribution in [0, 0.1) is 5.92 Å². The number of Topliss-reactive ketones (excluding diaryl/α,β-unsaturated/α-hetero) is 1. The zero-order valence-corrected chi connectivity index (χ0v) is 10.2. The predicted molar refractivity (Wildman–Crippen MR) is 68.1 cm³/mol. The van der Waals surface area contributed by atoms with Gasteiger partial charge in [-0.05, 0) is 25.0 Å². The monoisotopic (exact) mass is 232 g/mol. The third kappa shape index (κ3) is 3.88. The van der Waals surface area contributed by atoms with Crippen LogP contribution in [0.1, 0.15) is 38.5 Å². The van der Waals surface area contributed by atoms with Gasteiger partial charge in [-0.2, -0.15) is 0 Å². The van der Waals surface area contributed by atoms with Crippen LogP contribution in [0.2, 0.25) is 0 Å². The number of carbonyl (C=O) groups excluding carboxylic acids is 1. The van der Waals surface area contributed by atoms with Crippen molar-refractivity contribution in [2.24, 2.45) is 5.92 Å². The fourth-order valence-corrected chi connectivity index (χ4v) is 2.39. The van der Waals surface area contributed by atoms with E-state index in [1.165, 1.54) is 25.7 Å². The Kier molecular flexibility index (Phi) is 4.60. The molecule has 2 nitrogen and oxygen atoms in total. The number of benzene rings is 1. The first-order valence-electron chi connectivity index (χ1n) is 6.57. The Labute approximate surface area is 103 Å². The lowest BCUT2D eigenvalue weighted by molar-refractivity contribution is -0.125. The smallest absolute Gasteiger partial charge is 0.173 e. The van der Waals surface area contributed by atoms with Crippen molar-refractivity contribution in [3.8, 4) is 5.75 Å². The highest BCUT2D eigenvalue weighted by molar-refractivity contribution is 5.82. The third-order valence-corrected chi connectivity index (χ3v) is 3.43. The van der Waals surface area contributed by atoms with E-state index in [-0.39, 0.29) is 18.3 Å². The fraction of sp³-hybridized carbons (Fsp3) is 0.533. The van der Waals surface area contributed by atoms with E-state index in [0.29, 0.717) is 0 Å². The molecule has 0 aromatic heterocycles. The first-order chi connectivity index (χ1) is 8.36. The molecule has 1 aliphatic carbocycles. The minimum absolute atomic E-state index is 0.231. The molecule has 0 radical (unpaired) electrons. The molecule has 2 rings (SSSR count). The Morgan fingerprint density at radius 3 is 2.35 bits per heavy atom. The number of para-hydroxylation sites is 1. The van der Waals surface area contributed by atoms with Crippen molar-refractivity contribution in [3.05, 3.63) is 30.3 Å². The van der Waals surface area contributed by atoms with E-state index < -0.39 is 0 Å². The zero-order chi connectivity index (χ0) is 11.9. The van der Waals surface area contributed by atoms with Crippen molar-refractivity contribution in [1.82, 2.24) is 0 Å². The van der Waals surface area contributed by atoms with Crippen LogP contribution in [-0.2, 0) is 4.79 Å². The summed E-state index contributed by atoms with van der Waals surface area (Å²) in [6, 6.07) is 9.57. The molecule has 1 aliphatic rings. The van der Waals surface area contributed by atoms with Crippen LogP contribution in [0.25, 0.3) is 0 Å². The Bertz CT molecular complexity index is 337. The fourth-order valence-electron chi connectivity index (χ4n) is 2.39. The van der Waals surface area contributed by atoms with Crippen molar-refractivity contribution in [3.63, 3.8) is 0 Å². The normalized spacial score (nSPS) is 17.4. The molecule has 1 fully saturated rings. The summed E-state index contributed by atoms with van der Waals surface area (Å²) in [5.74, 6) is 1.30. The van der Waals surface area contributed by atoms with Crippen LogP contribution in [0.5, 0.6) is 5.75 Å². The minimum atomic E-state index is 0.231. The van der Waals surface area contributed by atoms with Crippen LogP contribution < -0.4 is 4.74 Å². The topological polar surface area (TPSA) is 26.3 Å². The van der Waals surface area contributed by atoms with Crippen LogP contribution >= 0.6 is 0 Å². The second kappa shape index (κ2) is 6.43. The molecule has 1 saturated carbocycles. The summed E-state index contributed by atoms with van der Waals surface area (Å²) in [5, 5.41) is 0. The van der Waals surface area contributed by atoms with Gasteiger partial charge in [0.05, 0.1) is 0 Å². The lowest BCUT2D eigenvalue weighted by atomic mass is 9.96. The molecular weight excluding hydrogens is 212 g/mol. The van der Waals surface area contributed by atoms with Gasteiger partial charge < -0.3 is 4.74 Å². The summed E-state index contributed by atoms with van der Waals surface area (Å²) >= 11 is 0. The SMILES string of the molecule is O=C(COc1ccccc1)C1CCCCCC1. The van der Waals surface area contributed by atoms with E-state index >= 15 is 0 Å². The Morgan fingerprint density at radius 1 is 1.06 bits per heavy atom. The number of hydrogen-bond acceptors (Lipinski definition) is 2. The number of carbonyl (C=O) groups is 1. The largest absolute Gasteiger partial charge is 0.486 e. The predicted octanol–water partition coefficient (Wildman–Crippen LogP) is 3.60. The van der Waals surface area contributed by atoms with E-state index in [1.54, 1.807) is 0 Å². The highest BCUT2D eigenvalue weighted by atomic mass is 16.5. The first kappa shape index (κ1) is 12.2. The van der Waals surface area contributed by atoms with Gasteiger partial charge in [0.15, 0.2) is 5.78 Å². The second-order valence-electron chi connectivity index (χ2n) is 4.76. The van der Waals surface area contributed by atoms with Gasteiger partial charge in [0.1, 0.15) is 12.4 Å². The summed E-state index contributed by atoms with van der Waals surface area (Å²) in [6.07, 6.45) is 7.06. The Hall–Kier alpha value is -1.31. The molecule has 0 atom stereocenters. The van der Waals surface area contributed by atoms with Crippen molar-refractivity contribution in [2.75, 3.05) is 6.61 Å². The Morgan fingerprint density at radius 2 is 1.71 bits per heavy atom. The molecule has 1 aromatic rings. The highest BCUT2D eigenvalue weighted by Gasteiger charge is 2.20. The van der Waals surface area contributed by atoms with Crippen LogP contribution in [0.3, 0.4) is 0 Å². The van der Waals surface area contributed by atoms with Gasteiger partial charge in [-0.15, -0.1) is 0 Å². The molecule has 92 valence electrons. The van der Waals surface area contributed by atoms with E-state index in [0.717, 1.165) is 18.6 Å². The summed E-state index contributed by atoms with van der Waals surface area (Å²) < 4.78 is 5.51. The molecule has 0 aliphatic heterocycles. The van der Waals surface area contributed by atoms with Crippen LogP contribution in [0.4, 0.5) is 0 Å². The van der Waals surface area contributed by atoms with Gasteiger partial charge >= 0.3 is 0 Å². The Balaban J connectivity index is 1.80. The molecule has 2 heteroatoms. The van der Waals surface area contributed by atoms with Gasteiger partial charge in [0.2, 0.25) is 0 Å². The zero-order valence-electron chi connectivity index (χ0n) is 10.2. The summed E-state index contributed by atoms with van der Waals surface area (Å²) in [6.45, 7) is 0.231. The van der Waals surface area contributed by atoms with E-state index in [1.807, 2.05) is 30.3 Å². The van der Waals surface area contributed by atoms with Crippen molar-refractivity contribution in [1.29, 1.82) is 0 Å². The molecule has 0 unspecified atom stereocenters. The number of hydrogen-bond donors (Lipinski definition) is 0. The van der Waals surface area contributed by atoms with E-state index in [9.17, 15) is 4.79 Å². The van der Waals surface area contributed by atoms with Gasteiger partial charge in [0, 0.05) is 5.92 Å². The lowest BCUT2D eigenvalue weighted by Crippen LogP contribution is -2.21. The summed E-state index contributed by atoms with van der Waals surface area (Å²) in [5.41, 5.74) is 0.